The van der Waals surface area contributed by atoms with Crippen molar-refractivity contribution in [3.05, 3.63) is 10.6 Å². The molecule has 18 heavy (non-hydrogen) atoms. The van der Waals surface area contributed by atoms with Crippen molar-refractivity contribution in [2.45, 2.75) is 44.6 Å². The lowest BCUT2D eigenvalue weighted by molar-refractivity contribution is -0.122. The van der Waals surface area contributed by atoms with Crippen LogP contribution in [0.15, 0.2) is 0 Å². The Hall–Kier alpha value is -0.940. The minimum absolute atomic E-state index is 0.146. The van der Waals surface area contributed by atoms with E-state index in [4.69, 9.17) is 0 Å². The molecule has 0 aromatic carbocycles. The Kier molecular flexibility index (Phi) is 3.35. The number of hydrogen-bond donors (Lipinski definition) is 2. The topological polar surface area (TPSA) is 54.0 Å². The van der Waals surface area contributed by atoms with Gasteiger partial charge in [-0.2, -0.15) is 0 Å². The first-order valence-corrected chi connectivity index (χ1v) is 7.54. The molecule has 0 radical (unpaired) electrons. The molecule has 3 rings (SSSR count). The molecule has 1 aromatic rings. The van der Waals surface area contributed by atoms with Gasteiger partial charge in [-0.15, -0.1) is 11.3 Å². The lowest BCUT2D eigenvalue weighted by atomic mass is 9.80. The monoisotopic (exact) mass is 265 g/mol. The van der Waals surface area contributed by atoms with E-state index >= 15 is 0 Å². The van der Waals surface area contributed by atoms with E-state index in [1.54, 1.807) is 11.3 Å². The third-order valence-corrected chi connectivity index (χ3v) is 5.07. The number of carbonyl (C=O) groups excluding carboxylic acids is 1. The van der Waals surface area contributed by atoms with Crippen LogP contribution in [-0.4, -0.2) is 24.0 Å². The van der Waals surface area contributed by atoms with Gasteiger partial charge < -0.3 is 10.6 Å². The number of anilines is 1. The molecule has 4 nitrogen and oxygen atoms in total. The van der Waals surface area contributed by atoms with Gasteiger partial charge in [0.25, 0.3) is 0 Å². The summed E-state index contributed by atoms with van der Waals surface area (Å²) in [6.45, 7) is 0. The quantitative estimate of drug-likeness (QED) is 0.878. The number of aryl methyl sites for hydroxylation is 2. The van der Waals surface area contributed by atoms with Gasteiger partial charge in [0, 0.05) is 16.8 Å². The number of hydrogen-bond acceptors (Lipinski definition) is 4. The number of amides is 1. The summed E-state index contributed by atoms with van der Waals surface area (Å²) in [5.74, 6) is 0.316. The Morgan fingerprint density at radius 1 is 1.33 bits per heavy atom. The van der Waals surface area contributed by atoms with Crippen LogP contribution in [0.5, 0.6) is 0 Å². The highest BCUT2D eigenvalue weighted by atomic mass is 32.1. The van der Waals surface area contributed by atoms with Crippen molar-refractivity contribution in [2.75, 3.05) is 12.4 Å². The fraction of sp³-hybridized carbons (Fsp3) is 0.692. The molecule has 0 atom stereocenters. The normalized spacial score (nSPS) is 26.3. The second-order valence-electron chi connectivity index (χ2n) is 5.24. The van der Waals surface area contributed by atoms with Crippen molar-refractivity contribution in [2.24, 2.45) is 5.92 Å². The lowest BCUT2D eigenvalue weighted by Gasteiger charge is -2.33. The maximum atomic E-state index is 12.0. The molecular weight excluding hydrogens is 246 g/mol. The fourth-order valence-corrected chi connectivity index (χ4v) is 3.73. The zero-order valence-electron chi connectivity index (χ0n) is 10.7. The summed E-state index contributed by atoms with van der Waals surface area (Å²) in [5.41, 5.74) is 1.21. The largest absolute Gasteiger partial charge is 0.317 e. The van der Waals surface area contributed by atoms with Crippen LogP contribution in [0.25, 0.3) is 0 Å². The van der Waals surface area contributed by atoms with Crippen molar-refractivity contribution in [3.8, 4) is 0 Å². The first-order valence-electron chi connectivity index (χ1n) is 6.73. The summed E-state index contributed by atoms with van der Waals surface area (Å²) in [5, 5.41) is 6.99. The smallest absolute Gasteiger partial charge is 0.229 e. The van der Waals surface area contributed by atoms with Gasteiger partial charge in [0.1, 0.15) is 0 Å². The number of fused-ring (bicyclic) bond motifs is 1. The minimum Gasteiger partial charge on any atom is -0.317 e. The van der Waals surface area contributed by atoms with Gasteiger partial charge in [0.2, 0.25) is 5.91 Å². The Labute approximate surface area is 111 Å². The van der Waals surface area contributed by atoms with Crippen molar-refractivity contribution in [3.63, 3.8) is 0 Å². The van der Waals surface area contributed by atoms with Gasteiger partial charge in [-0.25, -0.2) is 4.98 Å². The maximum absolute atomic E-state index is 12.0. The van der Waals surface area contributed by atoms with Crippen molar-refractivity contribution < 1.29 is 4.79 Å². The Morgan fingerprint density at radius 3 is 2.83 bits per heavy atom. The molecule has 1 aromatic heterocycles. The van der Waals surface area contributed by atoms with E-state index in [2.05, 4.69) is 15.6 Å². The van der Waals surface area contributed by atoms with E-state index < -0.39 is 0 Å². The molecule has 1 amide bonds. The van der Waals surface area contributed by atoms with Crippen molar-refractivity contribution >= 4 is 22.4 Å². The predicted molar refractivity (Wildman–Crippen MR) is 73.0 cm³/mol. The summed E-state index contributed by atoms with van der Waals surface area (Å²) in [6, 6.07) is 0.519. The summed E-state index contributed by atoms with van der Waals surface area (Å²) in [7, 11) is 1.95. The average molecular weight is 265 g/mol. The SMILES string of the molecule is CNC1CC(C(=O)Nc2nc3c(s2)CCCC3)C1. The lowest BCUT2D eigenvalue weighted by Crippen LogP contribution is -2.44. The van der Waals surface area contributed by atoms with Crippen LogP contribution in [0, 0.1) is 5.92 Å². The third-order valence-electron chi connectivity index (χ3n) is 3.99. The van der Waals surface area contributed by atoms with Crippen molar-refractivity contribution in [1.82, 2.24) is 10.3 Å². The highest BCUT2D eigenvalue weighted by molar-refractivity contribution is 7.15. The molecule has 0 bridgehead atoms. The molecule has 1 heterocycles. The van der Waals surface area contributed by atoms with Crippen LogP contribution in [0.2, 0.25) is 0 Å². The van der Waals surface area contributed by atoms with Crippen LogP contribution in [-0.2, 0) is 17.6 Å². The van der Waals surface area contributed by atoms with Crippen molar-refractivity contribution in [1.29, 1.82) is 0 Å². The molecule has 1 saturated carbocycles. The zero-order valence-corrected chi connectivity index (χ0v) is 11.5. The number of nitrogens with zero attached hydrogens (tertiary/aromatic N) is 1. The highest BCUT2D eigenvalue weighted by Gasteiger charge is 2.33. The Morgan fingerprint density at radius 2 is 2.11 bits per heavy atom. The molecule has 2 aliphatic carbocycles. The van der Waals surface area contributed by atoms with E-state index in [1.165, 1.54) is 23.4 Å². The summed E-state index contributed by atoms with van der Waals surface area (Å²) in [4.78, 5) is 17.9. The number of aromatic nitrogens is 1. The van der Waals surface area contributed by atoms with E-state index in [0.717, 1.165) is 30.8 Å². The number of thiazole rings is 1. The molecule has 0 unspecified atom stereocenters. The maximum Gasteiger partial charge on any atom is 0.229 e. The zero-order chi connectivity index (χ0) is 12.5. The van der Waals surface area contributed by atoms with Crippen LogP contribution < -0.4 is 10.6 Å². The molecule has 2 N–H and O–H groups in total. The molecule has 98 valence electrons. The average Bonchev–Trinajstić information content (AvgIpc) is 2.69. The summed E-state index contributed by atoms with van der Waals surface area (Å²) >= 11 is 1.66. The van der Waals surface area contributed by atoms with Gasteiger partial charge >= 0.3 is 0 Å². The first-order chi connectivity index (χ1) is 8.76. The molecule has 0 aliphatic heterocycles. The minimum atomic E-state index is 0.146. The standard InChI is InChI=1S/C13H19N3OS/c1-14-9-6-8(7-9)12(17)16-13-15-10-4-2-3-5-11(10)18-13/h8-9,14H,2-7H2,1H3,(H,15,16,17). The highest BCUT2D eigenvalue weighted by Crippen LogP contribution is 2.32. The number of rotatable bonds is 3. The van der Waals surface area contributed by atoms with Crippen LogP contribution in [0.3, 0.4) is 0 Å². The van der Waals surface area contributed by atoms with Crippen LogP contribution in [0.1, 0.15) is 36.3 Å². The van der Waals surface area contributed by atoms with E-state index in [9.17, 15) is 4.79 Å². The van der Waals surface area contributed by atoms with E-state index in [-0.39, 0.29) is 11.8 Å². The first kappa shape index (κ1) is 12.1. The second kappa shape index (κ2) is 4.97. The fourth-order valence-electron chi connectivity index (χ4n) is 2.68. The molecule has 0 spiro atoms. The number of nitrogens with one attached hydrogen (secondary N) is 2. The Bertz CT molecular complexity index is 428. The molecule has 1 fully saturated rings. The Balaban J connectivity index is 1.59. The van der Waals surface area contributed by atoms with E-state index in [0.29, 0.717) is 6.04 Å². The molecule has 2 aliphatic rings. The van der Waals surface area contributed by atoms with Crippen LogP contribution in [0.4, 0.5) is 5.13 Å². The van der Waals surface area contributed by atoms with Gasteiger partial charge in [0.15, 0.2) is 5.13 Å². The van der Waals surface area contributed by atoms with Gasteiger partial charge in [-0.05, 0) is 45.6 Å². The van der Waals surface area contributed by atoms with Gasteiger partial charge in [0.05, 0.1) is 5.69 Å². The van der Waals surface area contributed by atoms with E-state index in [1.807, 2.05) is 7.05 Å². The summed E-state index contributed by atoms with van der Waals surface area (Å²) < 4.78 is 0. The van der Waals surface area contributed by atoms with Gasteiger partial charge in [-0.3, -0.25) is 4.79 Å². The van der Waals surface area contributed by atoms with Crippen LogP contribution >= 0.6 is 11.3 Å². The summed E-state index contributed by atoms with van der Waals surface area (Å²) in [6.07, 6.45) is 6.60. The molecule has 5 heteroatoms. The predicted octanol–water partition coefficient (Wildman–Crippen LogP) is 1.96. The second-order valence-corrected chi connectivity index (χ2v) is 6.32. The molecular formula is C13H19N3OS. The van der Waals surface area contributed by atoms with Gasteiger partial charge in [-0.1, -0.05) is 0 Å². The third kappa shape index (κ3) is 2.29. The molecule has 0 saturated heterocycles. The number of carbonyl (C=O) groups is 1.